The molecule has 3 aromatic rings. The van der Waals surface area contributed by atoms with Gasteiger partial charge in [-0.15, -0.1) is 0 Å². The first-order chi connectivity index (χ1) is 17.6. The lowest BCUT2D eigenvalue weighted by atomic mass is 9.62. The van der Waals surface area contributed by atoms with Crippen LogP contribution in [0, 0.1) is 0 Å². The molecular weight excluding hydrogens is 528 g/mol. The molecule has 1 saturated carbocycles. The number of hydrogen-bond donors (Lipinski definition) is 2. The second-order valence-electron chi connectivity index (χ2n) is 9.03. The van der Waals surface area contributed by atoms with Crippen LogP contribution < -0.4 is 10.1 Å². The van der Waals surface area contributed by atoms with E-state index in [4.69, 9.17) is 19.4 Å². The van der Waals surface area contributed by atoms with Crippen LogP contribution in [0.1, 0.15) is 41.6 Å². The Labute approximate surface area is 209 Å². The number of pyridine rings is 1. The number of anilines is 1. The van der Waals surface area contributed by atoms with Crippen molar-refractivity contribution in [1.82, 2.24) is 19.4 Å². The number of methoxy groups -OCH3 is 1. The second-order valence-corrected chi connectivity index (χ2v) is 9.03. The number of aliphatic carboxylic acids is 1. The zero-order chi connectivity index (χ0) is 28.1. The summed E-state index contributed by atoms with van der Waals surface area (Å²) in [6.45, 7) is 2.67. The minimum atomic E-state index is -5.08. The molecule has 0 radical (unpaired) electrons. The van der Waals surface area contributed by atoms with Crippen LogP contribution in [0.4, 0.5) is 32.2 Å². The number of imidazole rings is 1. The van der Waals surface area contributed by atoms with E-state index in [2.05, 4.69) is 27.2 Å². The molecule has 6 rings (SSSR count). The molecular formula is C22H19F6N5O5. The summed E-state index contributed by atoms with van der Waals surface area (Å²) in [7, 11) is 1.42. The van der Waals surface area contributed by atoms with Gasteiger partial charge in [0.05, 0.1) is 31.2 Å². The van der Waals surface area contributed by atoms with Crippen LogP contribution in [0.25, 0.3) is 5.65 Å². The summed E-state index contributed by atoms with van der Waals surface area (Å²) in [6, 6.07) is 3.12. The Morgan fingerprint density at radius 2 is 1.76 bits per heavy atom. The quantitative estimate of drug-likeness (QED) is 0.472. The summed E-state index contributed by atoms with van der Waals surface area (Å²) < 4.78 is 83.2. The SMILES string of the molecule is COc1nc(NC(=O)c2cccc(C(F)(F)F)n2)cn2cc(C34COC(C)(C3)C4)nc12.O=C(O)C(F)(F)F. The molecule has 1 aliphatic carbocycles. The van der Waals surface area contributed by atoms with Gasteiger partial charge in [-0.3, -0.25) is 9.20 Å². The zero-order valence-electron chi connectivity index (χ0n) is 19.6. The van der Waals surface area contributed by atoms with E-state index in [9.17, 15) is 31.1 Å². The van der Waals surface area contributed by atoms with E-state index in [0.29, 0.717) is 12.3 Å². The highest BCUT2D eigenvalue weighted by Crippen LogP contribution is 2.58. The fraction of sp³-hybridized carbons (Fsp3) is 0.409. The summed E-state index contributed by atoms with van der Waals surface area (Å²) in [6.07, 6.45) is -4.60. The molecule has 3 aromatic heterocycles. The molecule has 1 amide bonds. The topological polar surface area (TPSA) is 128 Å². The summed E-state index contributed by atoms with van der Waals surface area (Å²) in [5.74, 6) is -3.31. The molecule has 204 valence electrons. The third-order valence-corrected chi connectivity index (χ3v) is 6.02. The number of nitrogens with zero attached hydrogens (tertiary/aromatic N) is 4. The van der Waals surface area contributed by atoms with Gasteiger partial charge in [-0.1, -0.05) is 6.07 Å². The van der Waals surface area contributed by atoms with Crippen molar-refractivity contribution >= 4 is 23.3 Å². The molecule has 0 atom stereocenters. The molecule has 5 heterocycles. The summed E-state index contributed by atoms with van der Waals surface area (Å²) in [5, 5.41) is 9.60. The van der Waals surface area contributed by atoms with Gasteiger partial charge in [0.1, 0.15) is 11.4 Å². The Kier molecular flexibility index (Phi) is 6.49. The fourth-order valence-corrected chi connectivity index (χ4v) is 4.47. The van der Waals surface area contributed by atoms with E-state index in [-0.39, 0.29) is 28.4 Å². The van der Waals surface area contributed by atoms with Crippen LogP contribution in [0.5, 0.6) is 5.88 Å². The van der Waals surface area contributed by atoms with E-state index >= 15 is 0 Å². The monoisotopic (exact) mass is 547 g/mol. The smallest absolute Gasteiger partial charge is 0.478 e. The molecule has 0 spiro atoms. The highest BCUT2D eigenvalue weighted by atomic mass is 19.4. The van der Waals surface area contributed by atoms with Crippen molar-refractivity contribution in [3.63, 3.8) is 0 Å². The number of hydrogen-bond acceptors (Lipinski definition) is 7. The zero-order valence-corrected chi connectivity index (χ0v) is 19.6. The van der Waals surface area contributed by atoms with Crippen molar-refractivity contribution in [2.75, 3.05) is 19.0 Å². The molecule has 2 saturated heterocycles. The van der Waals surface area contributed by atoms with Gasteiger partial charge in [-0.25, -0.2) is 14.8 Å². The number of carboxylic acids is 1. The Hall–Kier alpha value is -3.95. The maximum atomic E-state index is 12.9. The molecule has 2 N–H and O–H groups in total. The molecule has 0 unspecified atom stereocenters. The number of fused-ring (bicyclic) bond motifs is 2. The maximum Gasteiger partial charge on any atom is 0.490 e. The predicted molar refractivity (Wildman–Crippen MR) is 116 cm³/mol. The van der Waals surface area contributed by atoms with Gasteiger partial charge in [0.25, 0.3) is 11.8 Å². The molecule has 10 nitrogen and oxygen atoms in total. The molecule has 38 heavy (non-hydrogen) atoms. The third kappa shape index (κ3) is 5.20. The van der Waals surface area contributed by atoms with E-state index < -0.39 is 29.9 Å². The molecule has 2 bridgehead atoms. The van der Waals surface area contributed by atoms with E-state index in [0.717, 1.165) is 30.7 Å². The number of carbonyl (C=O) groups is 2. The number of carbonyl (C=O) groups excluding carboxylic acids is 1. The first kappa shape index (κ1) is 27.1. The van der Waals surface area contributed by atoms with Crippen LogP contribution in [0.3, 0.4) is 0 Å². The highest BCUT2D eigenvalue weighted by Gasteiger charge is 2.61. The first-order valence-electron chi connectivity index (χ1n) is 10.8. The summed E-state index contributed by atoms with van der Waals surface area (Å²) in [4.78, 5) is 33.7. The average Bonchev–Trinajstić information content (AvgIpc) is 3.49. The lowest BCUT2D eigenvalue weighted by Crippen LogP contribution is -2.45. The van der Waals surface area contributed by atoms with Crippen molar-refractivity contribution in [1.29, 1.82) is 0 Å². The van der Waals surface area contributed by atoms with Crippen molar-refractivity contribution in [3.8, 4) is 5.88 Å². The predicted octanol–water partition coefficient (Wildman–Crippen LogP) is 3.86. The first-order valence-corrected chi connectivity index (χ1v) is 10.8. The lowest BCUT2D eigenvalue weighted by molar-refractivity contribution is -0.192. The number of rotatable bonds is 4. The third-order valence-electron chi connectivity index (χ3n) is 6.02. The number of amides is 1. The Morgan fingerprint density at radius 1 is 1.11 bits per heavy atom. The highest BCUT2D eigenvalue weighted by molar-refractivity contribution is 6.02. The fourth-order valence-electron chi connectivity index (χ4n) is 4.47. The average molecular weight is 547 g/mol. The van der Waals surface area contributed by atoms with Gasteiger partial charge in [-0.05, 0) is 31.9 Å². The summed E-state index contributed by atoms with van der Waals surface area (Å²) >= 11 is 0. The van der Waals surface area contributed by atoms with E-state index in [1.807, 2.05) is 6.20 Å². The maximum absolute atomic E-state index is 12.9. The number of ether oxygens (including phenoxy) is 2. The van der Waals surface area contributed by atoms with E-state index in [1.54, 1.807) is 4.40 Å². The molecule has 3 fully saturated rings. The van der Waals surface area contributed by atoms with E-state index in [1.165, 1.54) is 19.4 Å². The summed E-state index contributed by atoms with van der Waals surface area (Å²) in [5.41, 5.74) is -0.441. The van der Waals surface area contributed by atoms with Crippen LogP contribution >= 0.6 is 0 Å². The van der Waals surface area contributed by atoms with Crippen molar-refractivity contribution in [3.05, 3.63) is 47.7 Å². The van der Waals surface area contributed by atoms with Crippen molar-refractivity contribution in [2.24, 2.45) is 0 Å². The number of carboxylic acid groups (broad SMARTS) is 1. The van der Waals surface area contributed by atoms with Gasteiger partial charge >= 0.3 is 18.3 Å². The van der Waals surface area contributed by atoms with Gasteiger partial charge in [0, 0.05) is 11.6 Å². The normalized spacial score (nSPS) is 22.3. The van der Waals surface area contributed by atoms with Crippen LogP contribution in [0.2, 0.25) is 0 Å². The Morgan fingerprint density at radius 3 is 2.29 bits per heavy atom. The second kappa shape index (κ2) is 9.11. The van der Waals surface area contributed by atoms with Crippen molar-refractivity contribution in [2.45, 2.75) is 43.1 Å². The lowest BCUT2D eigenvalue weighted by Gasteiger charge is -2.41. The Balaban J connectivity index is 0.000000426. The molecule has 16 heteroatoms. The standard InChI is InChI=1S/C20H18F3N5O3.C2HF3O2/c1-18-8-19(9-18,10-31-18)13-6-28-7-14(27-17(30-2)15(28)25-13)26-16(29)11-4-3-5-12(24-11)20(21,22)23;3-2(4,5)1(6)7/h3-7H,8-10H2,1-2H3,(H,26,29);(H,6,7). The number of aromatic nitrogens is 4. The van der Waals surface area contributed by atoms with Gasteiger partial charge in [0.2, 0.25) is 5.65 Å². The van der Waals surface area contributed by atoms with Crippen LogP contribution in [-0.2, 0) is 21.1 Å². The molecule has 2 aliphatic heterocycles. The number of halogens is 6. The van der Waals surface area contributed by atoms with Crippen LogP contribution in [-0.4, -0.2) is 61.8 Å². The van der Waals surface area contributed by atoms with Crippen molar-refractivity contribution < 1.29 is 50.5 Å². The van der Waals surface area contributed by atoms with Crippen LogP contribution in [0.15, 0.2) is 30.6 Å². The number of alkyl halides is 6. The number of nitrogens with one attached hydrogen (secondary N) is 1. The minimum absolute atomic E-state index is 0.0936. The van der Waals surface area contributed by atoms with Gasteiger partial charge in [-0.2, -0.15) is 31.3 Å². The Bertz CT molecular complexity index is 1400. The molecule has 0 aromatic carbocycles. The minimum Gasteiger partial charge on any atom is -0.478 e. The molecule has 3 aliphatic rings. The van der Waals surface area contributed by atoms with Gasteiger partial charge in [0.15, 0.2) is 5.82 Å². The van der Waals surface area contributed by atoms with Gasteiger partial charge < -0.3 is 19.9 Å². The largest absolute Gasteiger partial charge is 0.490 e.